The van der Waals surface area contributed by atoms with Gasteiger partial charge in [-0.2, -0.15) is 0 Å². The molecule has 0 saturated heterocycles. The van der Waals surface area contributed by atoms with Gasteiger partial charge in [0, 0.05) is 29.5 Å². The summed E-state index contributed by atoms with van der Waals surface area (Å²) in [6.07, 6.45) is 0. The summed E-state index contributed by atoms with van der Waals surface area (Å²) in [4.78, 5) is 23.4. The molecule has 1 aliphatic rings. The Bertz CT molecular complexity index is 1030. The molecule has 2 aromatic carbocycles. The van der Waals surface area contributed by atoms with Crippen LogP contribution in [0.15, 0.2) is 41.5 Å². The summed E-state index contributed by atoms with van der Waals surface area (Å²) < 4.78 is 11.7. The minimum Gasteiger partial charge on any atom is -0.490 e. The smallest absolute Gasteiger partial charge is 0.241 e. The van der Waals surface area contributed by atoms with Crippen molar-refractivity contribution in [2.45, 2.75) is 32.8 Å². The molecule has 0 radical (unpaired) electrons. The lowest BCUT2D eigenvalue weighted by atomic mass is 10.2. The summed E-state index contributed by atoms with van der Waals surface area (Å²) in [5, 5.41) is 9.17. The first-order valence-corrected chi connectivity index (χ1v) is 11.1. The van der Waals surface area contributed by atoms with Crippen molar-refractivity contribution in [3.8, 4) is 11.5 Å². The molecule has 0 bridgehead atoms. The number of hydrogen-bond donors (Lipinski definition) is 1. The van der Waals surface area contributed by atoms with Crippen LogP contribution in [0.4, 0.5) is 0 Å². The van der Waals surface area contributed by atoms with Crippen LogP contribution in [0.5, 0.6) is 11.5 Å². The lowest BCUT2D eigenvalue weighted by Crippen LogP contribution is -2.25. The molecule has 31 heavy (non-hydrogen) atoms. The zero-order valence-electron chi connectivity index (χ0n) is 17.1. The molecule has 1 N–H and O–H groups in total. The molecular weight excluding hydrogens is 461 g/mol. The van der Waals surface area contributed by atoms with E-state index >= 15 is 0 Å². The number of thioether (sulfide) groups is 1. The number of amides is 2. The Morgan fingerprint density at radius 2 is 1.90 bits per heavy atom. The van der Waals surface area contributed by atoms with Crippen LogP contribution < -0.4 is 14.8 Å². The number of hydrazone groups is 1. The summed E-state index contributed by atoms with van der Waals surface area (Å²) in [6.45, 7) is 5.36. The highest BCUT2D eigenvalue weighted by Crippen LogP contribution is 2.42. The minimum atomic E-state index is -0.432. The highest BCUT2D eigenvalue weighted by Gasteiger charge is 2.33. The van der Waals surface area contributed by atoms with E-state index in [-0.39, 0.29) is 18.4 Å². The number of benzene rings is 2. The second kappa shape index (κ2) is 10.3. The molecular formula is C21H21Cl2N3O4S. The Morgan fingerprint density at radius 1 is 1.13 bits per heavy atom. The lowest BCUT2D eigenvalue weighted by Gasteiger charge is -2.21. The highest BCUT2D eigenvalue weighted by atomic mass is 35.5. The maximum atomic E-state index is 12.1. The molecule has 1 aliphatic heterocycles. The number of amidine groups is 1. The monoisotopic (exact) mass is 481 g/mol. The van der Waals surface area contributed by atoms with Gasteiger partial charge in [0.2, 0.25) is 11.8 Å². The summed E-state index contributed by atoms with van der Waals surface area (Å²) in [5.41, 5.74) is 1.57. The molecule has 0 aromatic heterocycles. The first-order valence-electron chi connectivity index (χ1n) is 9.44. The quantitative estimate of drug-likeness (QED) is 0.629. The Hall–Kier alpha value is -2.42. The Labute approximate surface area is 194 Å². The van der Waals surface area contributed by atoms with Crippen LogP contribution in [0.25, 0.3) is 0 Å². The van der Waals surface area contributed by atoms with Crippen molar-refractivity contribution >= 4 is 51.9 Å². The van der Waals surface area contributed by atoms with Crippen molar-refractivity contribution in [1.29, 1.82) is 0 Å². The van der Waals surface area contributed by atoms with Gasteiger partial charge in [0.25, 0.3) is 0 Å². The first kappa shape index (κ1) is 23.2. The topological polar surface area (TPSA) is 80.2 Å². The van der Waals surface area contributed by atoms with Crippen molar-refractivity contribution < 1.29 is 19.1 Å². The predicted octanol–water partition coefficient (Wildman–Crippen LogP) is 4.97. The van der Waals surface area contributed by atoms with E-state index in [2.05, 4.69) is 10.4 Å². The van der Waals surface area contributed by atoms with Crippen molar-refractivity contribution in [3.63, 3.8) is 0 Å². The van der Waals surface area contributed by atoms with Crippen LogP contribution in [0, 0.1) is 0 Å². The molecule has 10 heteroatoms. The van der Waals surface area contributed by atoms with E-state index in [0.29, 0.717) is 33.3 Å². The molecule has 2 aromatic rings. The molecule has 2 amide bonds. The fraction of sp³-hybridized carbons (Fsp3) is 0.286. The van der Waals surface area contributed by atoms with Crippen LogP contribution in [-0.4, -0.2) is 28.6 Å². The van der Waals surface area contributed by atoms with Gasteiger partial charge in [0.15, 0.2) is 16.7 Å². The van der Waals surface area contributed by atoms with Gasteiger partial charge >= 0.3 is 0 Å². The van der Waals surface area contributed by atoms with Crippen molar-refractivity contribution in [2.24, 2.45) is 5.10 Å². The van der Waals surface area contributed by atoms with Gasteiger partial charge in [-0.1, -0.05) is 47.1 Å². The third-order valence-electron chi connectivity index (χ3n) is 4.20. The van der Waals surface area contributed by atoms with Gasteiger partial charge < -0.3 is 14.8 Å². The number of carbonyl (C=O) groups is 2. The maximum Gasteiger partial charge on any atom is 0.241 e. The molecule has 7 nitrogen and oxygen atoms in total. The largest absolute Gasteiger partial charge is 0.490 e. The number of rotatable bonds is 6. The number of nitrogens with one attached hydrogen (secondary N) is 1. The summed E-state index contributed by atoms with van der Waals surface area (Å²) in [6, 6.07) is 10.6. The van der Waals surface area contributed by atoms with E-state index in [0.717, 1.165) is 11.1 Å². The molecule has 0 spiro atoms. The average Bonchev–Trinajstić information content (AvgIpc) is 3.11. The second-order valence-electron chi connectivity index (χ2n) is 6.58. The zero-order chi connectivity index (χ0) is 22.5. The number of carbonyl (C=O) groups excluding carboxylic acids is 2. The van der Waals surface area contributed by atoms with Gasteiger partial charge in [0.05, 0.1) is 6.61 Å². The normalized spacial score (nSPS) is 15.5. The maximum absolute atomic E-state index is 12.1. The SMILES string of the molecule is CCOc1cc([C@H]2SC(NC(C)=O)=NN2C(C)=O)ccc1OCc1ccc(Cl)cc1Cl. The van der Waals surface area contributed by atoms with E-state index in [1.807, 2.05) is 19.1 Å². The summed E-state index contributed by atoms with van der Waals surface area (Å²) in [7, 11) is 0. The van der Waals surface area contributed by atoms with E-state index in [1.165, 1.54) is 30.6 Å². The van der Waals surface area contributed by atoms with Crippen molar-refractivity contribution in [2.75, 3.05) is 6.61 Å². The Morgan fingerprint density at radius 3 is 2.55 bits per heavy atom. The highest BCUT2D eigenvalue weighted by molar-refractivity contribution is 8.14. The Kier molecular flexibility index (Phi) is 7.69. The zero-order valence-corrected chi connectivity index (χ0v) is 19.5. The van der Waals surface area contributed by atoms with Crippen LogP contribution in [0.1, 0.15) is 37.3 Å². The molecule has 0 aliphatic carbocycles. The fourth-order valence-corrected chi connectivity index (χ4v) is 4.43. The van der Waals surface area contributed by atoms with E-state index in [4.69, 9.17) is 32.7 Å². The minimum absolute atomic E-state index is 0.239. The van der Waals surface area contributed by atoms with E-state index in [1.54, 1.807) is 24.3 Å². The van der Waals surface area contributed by atoms with Gasteiger partial charge in [0.1, 0.15) is 12.0 Å². The third-order valence-corrected chi connectivity index (χ3v) is 5.89. The lowest BCUT2D eigenvalue weighted by molar-refractivity contribution is -0.129. The molecule has 0 fully saturated rings. The number of nitrogens with zero attached hydrogens (tertiary/aromatic N) is 2. The van der Waals surface area contributed by atoms with Crippen LogP contribution in [0.2, 0.25) is 10.0 Å². The average molecular weight is 482 g/mol. The molecule has 164 valence electrons. The van der Waals surface area contributed by atoms with E-state index < -0.39 is 5.37 Å². The third kappa shape index (κ3) is 5.84. The fourth-order valence-electron chi connectivity index (χ4n) is 2.84. The molecule has 3 rings (SSSR count). The summed E-state index contributed by atoms with van der Waals surface area (Å²) >= 11 is 13.4. The second-order valence-corrected chi connectivity index (χ2v) is 8.50. The molecule has 1 heterocycles. The first-order chi connectivity index (χ1) is 14.8. The van der Waals surface area contributed by atoms with Gasteiger partial charge in [-0.05, 0) is 36.8 Å². The van der Waals surface area contributed by atoms with Crippen molar-refractivity contribution in [1.82, 2.24) is 10.3 Å². The van der Waals surface area contributed by atoms with Gasteiger partial charge in [-0.3, -0.25) is 9.59 Å². The van der Waals surface area contributed by atoms with Crippen LogP contribution in [-0.2, 0) is 16.2 Å². The van der Waals surface area contributed by atoms with Gasteiger partial charge in [-0.15, -0.1) is 5.10 Å². The number of ether oxygens (including phenoxy) is 2. The molecule has 1 atom stereocenters. The van der Waals surface area contributed by atoms with Gasteiger partial charge in [-0.25, -0.2) is 5.01 Å². The van der Waals surface area contributed by atoms with Crippen LogP contribution >= 0.6 is 35.0 Å². The molecule has 0 saturated carbocycles. The number of halogens is 2. The van der Waals surface area contributed by atoms with E-state index in [9.17, 15) is 9.59 Å². The van der Waals surface area contributed by atoms with Crippen molar-refractivity contribution in [3.05, 3.63) is 57.6 Å². The standard InChI is InChI=1S/C21H21Cl2N3O4S/c1-4-29-19-9-14(20-26(13(3)28)25-21(31-20)24-12(2)27)6-8-18(19)30-11-15-5-7-16(22)10-17(15)23/h5-10,20H,4,11H2,1-3H3,(H,24,25,27)/t20-/m1/s1. The van der Waals surface area contributed by atoms with Crippen LogP contribution in [0.3, 0.4) is 0 Å². The summed E-state index contributed by atoms with van der Waals surface area (Å²) in [5.74, 6) is 0.572. The Balaban J connectivity index is 1.82. The predicted molar refractivity (Wildman–Crippen MR) is 123 cm³/mol. The number of hydrogen-bond acceptors (Lipinski definition) is 6. The molecule has 0 unspecified atom stereocenters.